The van der Waals surface area contributed by atoms with E-state index in [2.05, 4.69) is 29.6 Å². The van der Waals surface area contributed by atoms with Crippen molar-refractivity contribution in [3.63, 3.8) is 0 Å². The van der Waals surface area contributed by atoms with Gasteiger partial charge in [-0.05, 0) is 0 Å². The van der Waals surface area contributed by atoms with E-state index in [1.165, 1.54) is 0 Å². The van der Waals surface area contributed by atoms with Crippen molar-refractivity contribution in [1.29, 1.82) is 0 Å². The topological polar surface area (TPSA) is 36.8 Å². The Morgan fingerprint density at radius 2 is 1.05 bits per heavy atom. The number of hydrogen-bond donors (Lipinski definition) is 1. The fourth-order valence-electron chi connectivity index (χ4n) is 2.42. The fraction of sp³-hybridized carbons (Fsp3) is 0.222. The molecular weight excluding hydrogens is 258 g/mol. The average Bonchev–Trinajstić information content (AvgIpc) is 2.68. The summed E-state index contributed by atoms with van der Waals surface area (Å²) in [6.07, 6.45) is 0. The number of benzene rings is 2. The number of nitrogens with zero attached hydrogens (tertiary/aromatic N) is 2. The standard InChI is InChI=1S/C18H19N3/c1-3-7-15(8-4-1)17-18(16-9-5-2-6-10-16)21-14-12-19-11-13-20-17/h1-10,19H,11-14H2. The van der Waals surface area contributed by atoms with Gasteiger partial charge in [0.15, 0.2) is 0 Å². The molecule has 2 aromatic carbocycles. The van der Waals surface area contributed by atoms with Crippen molar-refractivity contribution >= 4 is 11.4 Å². The molecule has 1 heterocycles. The lowest BCUT2D eigenvalue weighted by atomic mass is 9.99. The first kappa shape index (κ1) is 13.7. The number of nitrogens with one attached hydrogen (secondary N) is 1. The Bertz CT molecular complexity index is 573. The second kappa shape index (κ2) is 6.95. The molecule has 0 saturated heterocycles. The highest BCUT2D eigenvalue weighted by molar-refractivity contribution is 6.53. The Labute approximate surface area is 125 Å². The highest BCUT2D eigenvalue weighted by atomic mass is 14.9. The van der Waals surface area contributed by atoms with Gasteiger partial charge in [0.2, 0.25) is 0 Å². The van der Waals surface area contributed by atoms with Crippen LogP contribution in [-0.2, 0) is 0 Å². The van der Waals surface area contributed by atoms with Gasteiger partial charge in [-0.25, -0.2) is 0 Å². The molecular formula is C18H19N3. The SMILES string of the molecule is c1ccc(C2=NCCNCCN=C2c2ccccc2)cc1. The molecule has 0 radical (unpaired) electrons. The Morgan fingerprint density at radius 1 is 0.619 bits per heavy atom. The van der Waals surface area contributed by atoms with Crippen LogP contribution in [0, 0.1) is 0 Å². The number of hydrogen-bond acceptors (Lipinski definition) is 3. The van der Waals surface area contributed by atoms with E-state index in [0.717, 1.165) is 48.7 Å². The van der Waals surface area contributed by atoms with Crippen molar-refractivity contribution in [2.24, 2.45) is 9.98 Å². The maximum absolute atomic E-state index is 4.79. The molecule has 0 aliphatic carbocycles. The lowest BCUT2D eigenvalue weighted by molar-refractivity contribution is 0.701. The zero-order valence-corrected chi connectivity index (χ0v) is 12.0. The quantitative estimate of drug-likeness (QED) is 0.900. The molecule has 21 heavy (non-hydrogen) atoms. The van der Waals surface area contributed by atoms with Crippen LogP contribution in [0.3, 0.4) is 0 Å². The first-order valence-electron chi connectivity index (χ1n) is 7.36. The smallest absolute Gasteiger partial charge is 0.0905 e. The normalized spacial score (nSPS) is 16.2. The van der Waals surface area contributed by atoms with E-state index in [1.54, 1.807) is 0 Å². The maximum atomic E-state index is 4.79. The second-order valence-corrected chi connectivity index (χ2v) is 4.94. The minimum atomic E-state index is 0.774. The first-order chi connectivity index (χ1) is 10.4. The summed E-state index contributed by atoms with van der Waals surface area (Å²) < 4.78 is 0. The van der Waals surface area contributed by atoms with E-state index in [4.69, 9.17) is 9.98 Å². The molecule has 0 fully saturated rings. The predicted octanol–water partition coefficient (Wildman–Crippen LogP) is 2.57. The van der Waals surface area contributed by atoms with Crippen LogP contribution < -0.4 is 5.32 Å². The molecule has 3 heteroatoms. The molecule has 106 valence electrons. The average molecular weight is 277 g/mol. The largest absolute Gasteiger partial charge is 0.313 e. The summed E-state index contributed by atoms with van der Waals surface area (Å²) in [5.41, 5.74) is 4.24. The van der Waals surface area contributed by atoms with Crippen LogP contribution in [0.5, 0.6) is 0 Å². The summed E-state index contributed by atoms with van der Waals surface area (Å²) in [6.45, 7) is 3.34. The minimum Gasteiger partial charge on any atom is -0.313 e. The van der Waals surface area contributed by atoms with Crippen LogP contribution in [-0.4, -0.2) is 37.6 Å². The van der Waals surface area contributed by atoms with E-state index in [0.29, 0.717) is 0 Å². The van der Waals surface area contributed by atoms with Gasteiger partial charge in [-0.3, -0.25) is 9.98 Å². The lowest BCUT2D eigenvalue weighted by Gasteiger charge is -2.11. The van der Waals surface area contributed by atoms with Gasteiger partial charge in [0.05, 0.1) is 24.5 Å². The van der Waals surface area contributed by atoms with E-state index >= 15 is 0 Å². The van der Waals surface area contributed by atoms with E-state index in [1.807, 2.05) is 36.4 Å². The lowest BCUT2D eigenvalue weighted by Crippen LogP contribution is -2.20. The molecule has 3 nitrogen and oxygen atoms in total. The van der Waals surface area contributed by atoms with Crippen LogP contribution in [0.4, 0.5) is 0 Å². The van der Waals surface area contributed by atoms with Crippen LogP contribution in [0.15, 0.2) is 70.6 Å². The van der Waals surface area contributed by atoms with Crippen LogP contribution in [0.1, 0.15) is 11.1 Å². The summed E-state index contributed by atoms with van der Waals surface area (Å²) >= 11 is 0. The molecule has 0 unspecified atom stereocenters. The predicted molar refractivity (Wildman–Crippen MR) is 88.6 cm³/mol. The van der Waals surface area contributed by atoms with E-state index < -0.39 is 0 Å². The van der Waals surface area contributed by atoms with E-state index in [-0.39, 0.29) is 0 Å². The van der Waals surface area contributed by atoms with Crippen molar-refractivity contribution in [2.45, 2.75) is 0 Å². The molecule has 2 aromatic rings. The van der Waals surface area contributed by atoms with Crippen LogP contribution in [0.2, 0.25) is 0 Å². The third kappa shape index (κ3) is 3.44. The summed E-state index contributed by atoms with van der Waals surface area (Å²) in [5, 5.41) is 3.36. The second-order valence-electron chi connectivity index (χ2n) is 4.94. The molecule has 1 aliphatic rings. The van der Waals surface area contributed by atoms with Crippen LogP contribution in [0.25, 0.3) is 0 Å². The van der Waals surface area contributed by atoms with Crippen molar-refractivity contribution in [1.82, 2.24) is 5.32 Å². The van der Waals surface area contributed by atoms with Crippen molar-refractivity contribution in [3.05, 3.63) is 71.8 Å². The summed E-state index contributed by atoms with van der Waals surface area (Å²) in [5.74, 6) is 0. The minimum absolute atomic E-state index is 0.774. The Morgan fingerprint density at radius 3 is 1.48 bits per heavy atom. The third-order valence-electron chi connectivity index (χ3n) is 3.44. The van der Waals surface area contributed by atoms with Gasteiger partial charge in [-0.1, -0.05) is 60.7 Å². The monoisotopic (exact) mass is 277 g/mol. The molecule has 0 saturated carbocycles. The van der Waals surface area contributed by atoms with Gasteiger partial charge in [0.25, 0.3) is 0 Å². The molecule has 3 rings (SSSR count). The molecule has 1 N–H and O–H groups in total. The molecule has 0 spiro atoms. The zero-order valence-electron chi connectivity index (χ0n) is 12.0. The van der Waals surface area contributed by atoms with Crippen molar-refractivity contribution in [3.8, 4) is 0 Å². The summed E-state index contributed by atoms with van der Waals surface area (Å²) in [6, 6.07) is 20.6. The highest BCUT2D eigenvalue weighted by Crippen LogP contribution is 2.11. The molecule has 1 aliphatic heterocycles. The maximum Gasteiger partial charge on any atom is 0.0905 e. The molecule has 0 amide bonds. The van der Waals surface area contributed by atoms with E-state index in [9.17, 15) is 0 Å². The van der Waals surface area contributed by atoms with Gasteiger partial charge in [-0.15, -0.1) is 0 Å². The van der Waals surface area contributed by atoms with Crippen molar-refractivity contribution < 1.29 is 0 Å². The van der Waals surface area contributed by atoms with Gasteiger partial charge in [0.1, 0.15) is 0 Å². The third-order valence-corrected chi connectivity index (χ3v) is 3.44. The van der Waals surface area contributed by atoms with Gasteiger partial charge in [0, 0.05) is 24.2 Å². The van der Waals surface area contributed by atoms with Crippen molar-refractivity contribution in [2.75, 3.05) is 26.2 Å². The van der Waals surface area contributed by atoms with Gasteiger partial charge in [-0.2, -0.15) is 0 Å². The highest BCUT2D eigenvalue weighted by Gasteiger charge is 2.14. The molecule has 0 aromatic heterocycles. The van der Waals surface area contributed by atoms with Gasteiger partial charge < -0.3 is 5.32 Å². The molecule has 0 bridgehead atoms. The number of aliphatic imine (C=N–C) groups is 2. The number of rotatable bonds is 2. The Balaban J connectivity index is 2.07. The summed E-state index contributed by atoms with van der Waals surface area (Å²) in [7, 11) is 0. The summed E-state index contributed by atoms with van der Waals surface area (Å²) in [4.78, 5) is 9.59. The molecule has 0 atom stereocenters. The Hall–Kier alpha value is -2.26. The van der Waals surface area contributed by atoms with Gasteiger partial charge >= 0.3 is 0 Å². The fourth-order valence-corrected chi connectivity index (χ4v) is 2.42. The zero-order chi connectivity index (χ0) is 14.3. The first-order valence-corrected chi connectivity index (χ1v) is 7.36. The van der Waals surface area contributed by atoms with Crippen LogP contribution >= 0.6 is 0 Å². The Kier molecular flexibility index (Phi) is 4.54.